The van der Waals surface area contributed by atoms with E-state index in [1.807, 2.05) is 18.2 Å². The van der Waals surface area contributed by atoms with Crippen LogP contribution in [0.25, 0.3) is 0 Å². The highest BCUT2D eigenvalue weighted by molar-refractivity contribution is 9.10. The molecule has 0 fully saturated rings. The summed E-state index contributed by atoms with van der Waals surface area (Å²) in [5.74, 6) is 0.790. The maximum atomic E-state index is 5.19. The number of anilines is 1. The van der Waals surface area contributed by atoms with E-state index in [0.717, 1.165) is 35.3 Å². The molecule has 0 atom stereocenters. The third-order valence-electron chi connectivity index (χ3n) is 2.18. The molecule has 0 aliphatic rings. The minimum absolute atomic E-state index is 0.638. The van der Waals surface area contributed by atoms with E-state index in [1.54, 1.807) is 7.11 Å². The molecule has 0 aliphatic carbocycles. The Balaban J connectivity index is 2.55. The molecule has 5 heteroatoms. The van der Waals surface area contributed by atoms with E-state index in [4.69, 9.17) is 17.0 Å². The van der Waals surface area contributed by atoms with Crippen LogP contribution in [-0.4, -0.2) is 18.8 Å². The number of benzene rings is 1. The standard InChI is InChI=1S/C12H17BrN2OS/c1-3-4-5-14-12(17)15-10-6-9(13)7-11(8-10)16-2/h6-8H,3-5H2,1-2H3,(H2,14,15,17). The average molecular weight is 317 g/mol. The Morgan fingerprint density at radius 2 is 2.18 bits per heavy atom. The van der Waals surface area contributed by atoms with E-state index in [2.05, 4.69) is 33.5 Å². The number of hydrogen-bond acceptors (Lipinski definition) is 2. The van der Waals surface area contributed by atoms with Crippen LogP contribution in [0.2, 0.25) is 0 Å². The van der Waals surface area contributed by atoms with Crippen molar-refractivity contribution in [3.63, 3.8) is 0 Å². The lowest BCUT2D eigenvalue weighted by Crippen LogP contribution is -2.29. The maximum Gasteiger partial charge on any atom is 0.170 e. The summed E-state index contributed by atoms with van der Waals surface area (Å²) in [5, 5.41) is 6.92. The Labute approximate surface area is 116 Å². The Bertz CT molecular complexity index is 385. The Morgan fingerprint density at radius 1 is 1.41 bits per heavy atom. The van der Waals surface area contributed by atoms with Gasteiger partial charge in [-0.1, -0.05) is 29.3 Å². The molecule has 0 bridgehead atoms. The summed E-state index contributed by atoms with van der Waals surface area (Å²) in [5.41, 5.74) is 0.908. The number of methoxy groups -OCH3 is 1. The zero-order valence-corrected chi connectivity index (χ0v) is 12.5. The van der Waals surface area contributed by atoms with Crippen molar-refractivity contribution in [1.82, 2.24) is 5.32 Å². The normalized spacial score (nSPS) is 9.82. The van der Waals surface area contributed by atoms with Gasteiger partial charge < -0.3 is 15.4 Å². The monoisotopic (exact) mass is 316 g/mol. The summed E-state index contributed by atoms with van der Waals surface area (Å²) in [6.07, 6.45) is 2.27. The first kappa shape index (κ1) is 14.3. The van der Waals surface area contributed by atoms with Crippen molar-refractivity contribution < 1.29 is 4.74 Å². The molecule has 0 aromatic heterocycles. The van der Waals surface area contributed by atoms with Gasteiger partial charge in [0.1, 0.15) is 5.75 Å². The van der Waals surface area contributed by atoms with Crippen molar-refractivity contribution in [3.8, 4) is 5.75 Å². The minimum Gasteiger partial charge on any atom is -0.497 e. The number of halogens is 1. The molecule has 1 rings (SSSR count). The zero-order chi connectivity index (χ0) is 12.7. The first-order valence-electron chi connectivity index (χ1n) is 5.55. The molecule has 3 nitrogen and oxygen atoms in total. The zero-order valence-electron chi connectivity index (χ0n) is 10.0. The van der Waals surface area contributed by atoms with Crippen LogP contribution in [0.15, 0.2) is 22.7 Å². The molecule has 2 N–H and O–H groups in total. The van der Waals surface area contributed by atoms with Gasteiger partial charge in [0.25, 0.3) is 0 Å². The summed E-state index contributed by atoms with van der Waals surface area (Å²) < 4.78 is 6.14. The van der Waals surface area contributed by atoms with Crippen molar-refractivity contribution in [2.75, 3.05) is 19.0 Å². The highest BCUT2D eigenvalue weighted by Gasteiger charge is 2.01. The van der Waals surface area contributed by atoms with Crippen LogP contribution in [0.1, 0.15) is 19.8 Å². The summed E-state index contributed by atoms with van der Waals surface area (Å²) in [6, 6.07) is 5.76. The number of ether oxygens (including phenoxy) is 1. The van der Waals surface area contributed by atoms with E-state index < -0.39 is 0 Å². The van der Waals surface area contributed by atoms with Crippen molar-refractivity contribution in [3.05, 3.63) is 22.7 Å². The lowest BCUT2D eigenvalue weighted by atomic mass is 10.3. The topological polar surface area (TPSA) is 33.3 Å². The minimum atomic E-state index is 0.638. The molecule has 0 saturated heterocycles. The van der Waals surface area contributed by atoms with E-state index in [9.17, 15) is 0 Å². The second-order valence-corrected chi connectivity index (χ2v) is 4.94. The molecule has 0 amide bonds. The molecule has 0 saturated carbocycles. The predicted molar refractivity (Wildman–Crippen MR) is 79.8 cm³/mol. The molecule has 0 unspecified atom stereocenters. The van der Waals surface area contributed by atoms with Gasteiger partial charge in [0.05, 0.1) is 7.11 Å². The second-order valence-electron chi connectivity index (χ2n) is 3.61. The van der Waals surface area contributed by atoms with Crippen molar-refractivity contribution in [1.29, 1.82) is 0 Å². The van der Waals surface area contributed by atoms with Gasteiger partial charge in [-0.3, -0.25) is 0 Å². The predicted octanol–water partition coefficient (Wildman–Crippen LogP) is 3.54. The molecular weight excluding hydrogens is 300 g/mol. The lowest BCUT2D eigenvalue weighted by Gasteiger charge is -2.11. The first-order valence-corrected chi connectivity index (χ1v) is 6.75. The van der Waals surface area contributed by atoms with Crippen LogP contribution in [0.3, 0.4) is 0 Å². The van der Waals surface area contributed by atoms with Gasteiger partial charge in [-0.2, -0.15) is 0 Å². The quantitative estimate of drug-likeness (QED) is 0.643. The van der Waals surface area contributed by atoms with Gasteiger partial charge in [-0.15, -0.1) is 0 Å². The molecule has 0 spiro atoms. The van der Waals surface area contributed by atoms with Crippen LogP contribution in [0.5, 0.6) is 5.75 Å². The maximum absolute atomic E-state index is 5.19. The van der Waals surface area contributed by atoms with E-state index in [0.29, 0.717) is 5.11 Å². The van der Waals surface area contributed by atoms with Crippen LogP contribution >= 0.6 is 28.1 Å². The van der Waals surface area contributed by atoms with Crippen LogP contribution < -0.4 is 15.4 Å². The lowest BCUT2D eigenvalue weighted by molar-refractivity contribution is 0.415. The average Bonchev–Trinajstić information content (AvgIpc) is 2.28. The third kappa shape index (κ3) is 5.37. The molecule has 1 aromatic rings. The van der Waals surface area contributed by atoms with Crippen LogP contribution in [-0.2, 0) is 0 Å². The first-order chi connectivity index (χ1) is 8.15. The highest BCUT2D eigenvalue weighted by atomic mass is 79.9. The van der Waals surface area contributed by atoms with Crippen LogP contribution in [0.4, 0.5) is 5.69 Å². The van der Waals surface area contributed by atoms with Gasteiger partial charge in [0.15, 0.2) is 5.11 Å². The van der Waals surface area contributed by atoms with Crippen LogP contribution in [0, 0.1) is 0 Å². The highest BCUT2D eigenvalue weighted by Crippen LogP contribution is 2.24. The van der Waals surface area contributed by atoms with Crippen molar-refractivity contribution in [2.24, 2.45) is 0 Å². The Kier molecular flexibility index (Phi) is 6.29. The van der Waals surface area contributed by atoms with Gasteiger partial charge in [0, 0.05) is 22.8 Å². The van der Waals surface area contributed by atoms with Gasteiger partial charge in [-0.25, -0.2) is 0 Å². The molecular formula is C12H17BrN2OS. The number of unbranched alkanes of at least 4 members (excludes halogenated alkanes) is 1. The number of nitrogens with one attached hydrogen (secondary N) is 2. The summed E-state index contributed by atoms with van der Waals surface area (Å²) in [6.45, 7) is 3.05. The molecule has 0 radical (unpaired) electrons. The molecule has 0 heterocycles. The fourth-order valence-electron chi connectivity index (χ4n) is 1.31. The summed E-state index contributed by atoms with van der Waals surface area (Å²) in [4.78, 5) is 0. The van der Waals surface area contributed by atoms with Gasteiger partial charge >= 0.3 is 0 Å². The smallest absolute Gasteiger partial charge is 0.170 e. The molecule has 0 aliphatic heterocycles. The SMILES string of the molecule is CCCCNC(=S)Nc1cc(Br)cc(OC)c1. The molecule has 94 valence electrons. The van der Waals surface area contributed by atoms with Gasteiger partial charge in [-0.05, 0) is 30.8 Å². The van der Waals surface area contributed by atoms with E-state index in [-0.39, 0.29) is 0 Å². The Hall–Kier alpha value is -0.810. The molecule has 17 heavy (non-hydrogen) atoms. The van der Waals surface area contributed by atoms with E-state index >= 15 is 0 Å². The largest absolute Gasteiger partial charge is 0.497 e. The Morgan fingerprint density at radius 3 is 2.82 bits per heavy atom. The summed E-state index contributed by atoms with van der Waals surface area (Å²) >= 11 is 8.62. The third-order valence-corrected chi connectivity index (χ3v) is 2.88. The fraction of sp³-hybridized carbons (Fsp3) is 0.417. The summed E-state index contributed by atoms with van der Waals surface area (Å²) in [7, 11) is 1.64. The molecule has 1 aromatic carbocycles. The van der Waals surface area contributed by atoms with Gasteiger partial charge in [0.2, 0.25) is 0 Å². The van der Waals surface area contributed by atoms with Crippen molar-refractivity contribution >= 4 is 38.9 Å². The van der Waals surface area contributed by atoms with Crippen molar-refractivity contribution in [2.45, 2.75) is 19.8 Å². The van der Waals surface area contributed by atoms with E-state index in [1.165, 1.54) is 0 Å². The second kappa shape index (κ2) is 7.50. The number of rotatable bonds is 5. The number of hydrogen-bond donors (Lipinski definition) is 2. The number of thiocarbonyl (C=S) groups is 1. The fourth-order valence-corrected chi connectivity index (χ4v) is 2.00.